The van der Waals surface area contributed by atoms with E-state index in [0.29, 0.717) is 6.10 Å². The van der Waals surface area contributed by atoms with E-state index in [1.54, 1.807) is 18.4 Å². The maximum Gasteiger partial charge on any atom is 0.263 e. The van der Waals surface area contributed by atoms with Crippen LogP contribution in [0.3, 0.4) is 0 Å². The van der Waals surface area contributed by atoms with Gasteiger partial charge in [-0.05, 0) is 50.2 Å². The van der Waals surface area contributed by atoms with Crippen LogP contribution in [0.1, 0.15) is 52.2 Å². The summed E-state index contributed by atoms with van der Waals surface area (Å²) in [4.78, 5) is 17.0. The number of likely N-dealkylation sites (tertiary alicyclic amines) is 1. The minimum Gasteiger partial charge on any atom is -0.381 e. The van der Waals surface area contributed by atoms with E-state index in [4.69, 9.17) is 4.74 Å². The number of hydrogen-bond acceptors (Lipinski definition) is 3. The van der Waals surface area contributed by atoms with Crippen LogP contribution < -0.4 is 0 Å². The van der Waals surface area contributed by atoms with Crippen molar-refractivity contribution in [3.05, 3.63) is 21.4 Å². The van der Waals surface area contributed by atoms with E-state index >= 15 is 0 Å². The standard InChI is InChI=1S/C16H23NO2S/c1-19-13-7-9-17(10-8-13)16(18)15-11-12-5-3-2-4-6-14(12)20-15/h11,13H,2-10H2,1H3. The van der Waals surface area contributed by atoms with Crippen molar-refractivity contribution >= 4 is 17.2 Å². The Hall–Kier alpha value is -0.870. The molecule has 0 radical (unpaired) electrons. The molecule has 0 bridgehead atoms. The van der Waals surface area contributed by atoms with Crippen molar-refractivity contribution in [1.82, 2.24) is 4.90 Å². The highest BCUT2D eigenvalue weighted by atomic mass is 32.1. The summed E-state index contributed by atoms with van der Waals surface area (Å²) in [5, 5.41) is 0. The molecule has 1 fully saturated rings. The lowest BCUT2D eigenvalue weighted by Crippen LogP contribution is -2.40. The zero-order valence-corrected chi connectivity index (χ0v) is 13.0. The molecule has 110 valence electrons. The van der Waals surface area contributed by atoms with Crippen molar-refractivity contribution < 1.29 is 9.53 Å². The molecule has 0 unspecified atom stereocenters. The van der Waals surface area contributed by atoms with E-state index in [1.165, 1.54) is 36.1 Å². The number of nitrogens with zero attached hydrogens (tertiary/aromatic N) is 1. The molecule has 0 saturated carbocycles. The van der Waals surface area contributed by atoms with Crippen LogP contribution >= 0.6 is 11.3 Å². The van der Waals surface area contributed by atoms with E-state index in [9.17, 15) is 4.79 Å². The van der Waals surface area contributed by atoms with Gasteiger partial charge in [0.25, 0.3) is 5.91 Å². The molecule has 1 aromatic rings. The number of rotatable bonds is 2. The van der Waals surface area contributed by atoms with Gasteiger partial charge >= 0.3 is 0 Å². The molecule has 0 atom stereocenters. The van der Waals surface area contributed by atoms with Crippen LogP contribution in [-0.2, 0) is 17.6 Å². The number of methoxy groups -OCH3 is 1. The van der Waals surface area contributed by atoms with Gasteiger partial charge in [-0.1, -0.05) is 6.42 Å². The molecule has 2 heterocycles. The zero-order chi connectivity index (χ0) is 13.9. The molecule has 0 spiro atoms. The summed E-state index contributed by atoms with van der Waals surface area (Å²) < 4.78 is 5.37. The molecule has 1 aliphatic heterocycles. The van der Waals surface area contributed by atoms with Gasteiger partial charge in [0.15, 0.2) is 0 Å². The average Bonchev–Trinajstić information content (AvgIpc) is 2.77. The molecule has 3 nitrogen and oxygen atoms in total. The Morgan fingerprint density at radius 3 is 2.75 bits per heavy atom. The predicted octanol–water partition coefficient (Wildman–Crippen LogP) is 3.27. The van der Waals surface area contributed by atoms with Crippen LogP contribution in [0.4, 0.5) is 0 Å². The van der Waals surface area contributed by atoms with Crippen LogP contribution in [0.15, 0.2) is 6.07 Å². The third-order valence-corrected chi connectivity index (χ3v) is 5.75. The second kappa shape index (κ2) is 6.27. The Morgan fingerprint density at radius 1 is 1.25 bits per heavy atom. The van der Waals surface area contributed by atoms with Crippen LogP contribution in [-0.4, -0.2) is 37.1 Å². The Balaban J connectivity index is 1.68. The van der Waals surface area contributed by atoms with Gasteiger partial charge in [-0.15, -0.1) is 11.3 Å². The van der Waals surface area contributed by atoms with Gasteiger partial charge in [-0.2, -0.15) is 0 Å². The van der Waals surface area contributed by atoms with Crippen molar-refractivity contribution in [2.24, 2.45) is 0 Å². The molecule has 1 saturated heterocycles. The number of aryl methyl sites for hydroxylation is 2. The molecule has 20 heavy (non-hydrogen) atoms. The summed E-state index contributed by atoms with van der Waals surface area (Å²) in [6, 6.07) is 2.16. The number of hydrogen-bond donors (Lipinski definition) is 0. The third kappa shape index (κ3) is 2.91. The van der Waals surface area contributed by atoms with Gasteiger partial charge in [0.1, 0.15) is 0 Å². The summed E-state index contributed by atoms with van der Waals surface area (Å²) in [7, 11) is 1.76. The fourth-order valence-electron chi connectivity index (χ4n) is 3.22. The predicted molar refractivity (Wildman–Crippen MR) is 81.5 cm³/mol. The number of ether oxygens (including phenoxy) is 1. The van der Waals surface area contributed by atoms with Gasteiger partial charge in [-0.25, -0.2) is 0 Å². The quantitative estimate of drug-likeness (QED) is 0.783. The first-order valence-corrected chi connectivity index (χ1v) is 8.53. The minimum atomic E-state index is 0.234. The van der Waals surface area contributed by atoms with Crippen molar-refractivity contribution in [3.8, 4) is 0 Å². The molecule has 0 aromatic carbocycles. The lowest BCUT2D eigenvalue weighted by molar-refractivity contribution is 0.0353. The normalized spacial score (nSPS) is 20.6. The molecule has 3 rings (SSSR count). The molecule has 1 amide bonds. The van der Waals surface area contributed by atoms with Crippen molar-refractivity contribution in [3.63, 3.8) is 0 Å². The summed E-state index contributed by atoms with van der Waals surface area (Å²) in [6.45, 7) is 1.67. The summed E-state index contributed by atoms with van der Waals surface area (Å²) in [6.07, 6.45) is 8.47. The van der Waals surface area contributed by atoms with Gasteiger partial charge in [0, 0.05) is 25.1 Å². The first-order chi connectivity index (χ1) is 9.78. The topological polar surface area (TPSA) is 29.5 Å². The molecular weight excluding hydrogens is 270 g/mol. The third-order valence-electron chi connectivity index (χ3n) is 4.52. The van der Waals surface area contributed by atoms with Crippen molar-refractivity contribution in [2.45, 2.75) is 51.0 Å². The lowest BCUT2D eigenvalue weighted by atomic mass is 10.1. The van der Waals surface area contributed by atoms with Gasteiger partial charge in [-0.3, -0.25) is 4.79 Å². The van der Waals surface area contributed by atoms with Crippen molar-refractivity contribution in [1.29, 1.82) is 0 Å². The highest BCUT2D eigenvalue weighted by Crippen LogP contribution is 2.30. The summed E-state index contributed by atoms with van der Waals surface area (Å²) in [5.41, 5.74) is 1.43. The number of piperidine rings is 1. The molecule has 2 aliphatic rings. The summed E-state index contributed by atoms with van der Waals surface area (Å²) >= 11 is 1.73. The van der Waals surface area contributed by atoms with E-state index < -0.39 is 0 Å². The van der Waals surface area contributed by atoms with Gasteiger partial charge < -0.3 is 9.64 Å². The smallest absolute Gasteiger partial charge is 0.263 e. The number of thiophene rings is 1. The van der Waals surface area contributed by atoms with Crippen LogP contribution in [0.5, 0.6) is 0 Å². The number of fused-ring (bicyclic) bond motifs is 1. The van der Waals surface area contributed by atoms with Crippen LogP contribution in [0.2, 0.25) is 0 Å². The molecule has 4 heteroatoms. The minimum absolute atomic E-state index is 0.234. The second-order valence-electron chi connectivity index (χ2n) is 5.85. The largest absolute Gasteiger partial charge is 0.381 e. The van der Waals surface area contributed by atoms with E-state index in [0.717, 1.165) is 37.2 Å². The average molecular weight is 293 g/mol. The van der Waals surface area contributed by atoms with Crippen molar-refractivity contribution in [2.75, 3.05) is 20.2 Å². The fourth-order valence-corrected chi connectivity index (χ4v) is 4.44. The lowest BCUT2D eigenvalue weighted by Gasteiger charge is -2.30. The first-order valence-electron chi connectivity index (χ1n) is 7.71. The molecular formula is C16H23NO2S. The van der Waals surface area contributed by atoms with E-state index in [2.05, 4.69) is 6.07 Å². The monoisotopic (exact) mass is 293 g/mol. The zero-order valence-electron chi connectivity index (χ0n) is 12.2. The number of carbonyl (C=O) groups excluding carboxylic acids is 1. The summed E-state index contributed by atoms with van der Waals surface area (Å²) in [5.74, 6) is 0.234. The molecule has 1 aromatic heterocycles. The second-order valence-corrected chi connectivity index (χ2v) is 6.98. The highest BCUT2D eigenvalue weighted by molar-refractivity contribution is 7.14. The van der Waals surface area contributed by atoms with Crippen LogP contribution in [0, 0.1) is 0 Å². The molecule has 1 aliphatic carbocycles. The van der Waals surface area contributed by atoms with Crippen LogP contribution in [0.25, 0.3) is 0 Å². The highest BCUT2D eigenvalue weighted by Gasteiger charge is 2.25. The Bertz CT molecular complexity index is 451. The Labute approximate surface area is 124 Å². The maximum atomic E-state index is 12.6. The number of amides is 1. The number of carbonyl (C=O) groups is 1. The SMILES string of the molecule is COC1CCN(C(=O)c2cc3c(s2)CCCCC3)CC1. The van der Waals surface area contributed by atoms with Gasteiger partial charge in [0.2, 0.25) is 0 Å². The Kier molecular flexibility index (Phi) is 4.41. The first kappa shape index (κ1) is 14.1. The van der Waals surface area contributed by atoms with Gasteiger partial charge in [0.05, 0.1) is 11.0 Å². The van der Waals surface area contributed by atoms with E-state index in [1.807, 2.05) is 4.90 Å². The maximum absolute atomic E-state index is 12.6. The fraction of sp³-hybridized carbons (Fsp3) is 0.688. The van der Waals surface area contributed by atoms with E-state index in [-0.39, 0.29) is 5.91 Å². The Morgan fingerprint density at radius 2 is 2.00 bits per heavy atom. The molecule has 0 N–H and O–H groups in total.